The highest BCUT2D eigenvalue weighted by molar-refractivity contribution is 6.31. The Morgan fingerprint density at radius 1 is 1.42 bits per heavy atom. The smallest absolute Gasteiger partial charge is 0.307 e. The van der Waals surface area contributed by atoms with Gasteiger partial charge in [0.05, 0.1) is 18.1 Å². The van der Waals surface area contributed by atoms with Crippen molar-refractivity contribution in [3.8, 4) is 0 Å². The topological polar surface area (TPSA) is 51.5 Å². The minimum atomic E-state index is -0.300. The van der Waals surface area contributed by atoms with Crippen LogP contribution in [0, 0.1) is 0 Å². The van der Waals surface area contributed by atoms with Gasteiger partial charge in [0.15, 0.2) is 0 Å². The van der Waals surface area contributed by atoms with Crippen LogP contribution in [0.25, 0.3) is 0 Å². The zero-order chi connectivity index (χ0) is 14.4. The molecule has 0 aromatic carbocycles. The standard InChI is InChI=1S/C13H19ClN2O3/c1-4-16-9-10(14)8-11(16)13(18)15(3)7-6-12(17)19-5-2/h8-9H,4-7H2,1-3H3. The molecular weight excluding hydrogens is 268 g/mol. The molecule has 0 aliphatic carbocycles. The van der Waals surface area contributed by atoms with Crippen LogP contribution in [-0.2, 0) is 16.1 Å². The summed E-state index contributed by atoms with van der Waals surface area (Å²) in [7, 11) is 1.66. The van der Waals surface area contributed by atoms with Gasteiger partial charge in [-0.05, 0) is 19.9 Å². The molecule has 5 nitrogen and oxygen atoms in total. The van der Waals surface area contributed by atoms with Gasteiger partial charge in [-0.1, -0.05) is 11.6 Å². The highest BCUT2D eigenvalue weighted by atomic mass is 35.5. The molecule has 0 bridgehead atoms. The molecule has 1 aromatic heterocycles. The summed E-state index contributed by atoms with van der Waals surface area (Å²) in [5.74, 6) is -0.455. The molecule has 0 atom stereocenters. The largest absolute Gasteiger partial charge is 0.466 e. The Kier molecular flexibility index (Phi) is 5.89. The molecule has 0 aliphatic rings. The van der Waals surface area contributed by atoms with Crippen molar-refractivity contribution in [1.82, 2.24) is 9.47 Å². The summed E-state index contributed by atoms with van der Waals surface area (Å²) in [6.07, 6.45) is 1.91. The van der Waals surface area contributed by atoms with Gasteiger partial charge in [-0.2, -0.15) is 0 Å². The monoisotopic (exact) mass is 286 g/mol. The Bertz CT molecular complexity index is 457. The van der Waals surface area contributed by atoms with E-state index in [1.165, 1.54) is 4.90 Å². The van der Waals surface area contributed by atoms with E-state index in [-0.39, 0.29) is 18.3 Å². The van der Waals surface area contributed by atoms with Crippen LogP contribution in [0.3, 0.4) is 0 Å². The van der Waals surface area contributed by atoms with Gasteiger partial charge >= 0.3 is 5.97 Å². The molecule has 0 N–H and O–H groups in total. The number of carbonyl (C=O) groups excluding carboxylic acids is 2. The zero-order valence-electron chi connectivity index (χ0n) is 11.5. The maximum atomic E-state index is 12.2. The first-order valence-electron chi connectivity index (χ1n) is 6.26. The first-order valence-corrected chi connectivity index (χ1v) is 6.64. The molecule has 0 aliphatic heterocycles. The Hall–Kier alpha value is -1.49. The maximum Gasteiger partial charge on any atom is 0.307 e. The van der Waals surface area contributed by atoms with E-state index in [0.29, 0.717) is 30.4 Å². The van der Waals surface area contributed by atoms with Gasteiger partial charge in [-0.15, -0.1) is 0 Å². The first-order chi connectivity index (χ1) is 8.99. The minimum absolute atomic E-state index is 0.155. The van der Waals surface area contributed by atoms with Gasteiger partial charge in [-0.25, -0.2) is 0 Å². The van der Waals surface area contributed by atoms with Crippen molar-refractivity contribution in [2.24, 2.45) is 0 Å². The van der Waals surface area contributed by atoms with E-state index in [9.17, 15) is 9.59 Å². The summed E-state index contributed by atoms with van der Waals surface area (Å²) in [5, 5.41) is 0.531. The summed E-state index contributed by atoms with van der Waals surface area (Å²) in [6, 6.07) is 1.63. The Labute approximate surface area is 118 Å². The van der Waals surface area contributed by atoms with E-state index >= 15 is 0 Å². The molecule has 106 valence electrons. The molecule has 0 radical (unpaired) electrons. The fourth-order valence-corrected chi connectivity index (χ4v) is 1.93. The second-order valence-electron chi connectivity index (χ2n) is 4.11. The molecule has 0 saturated carbocycles. The molecule has 0 unspecified atom stereocenters. The van der Waals surface area contributed by atoms with Crippen LogP contribution in [0.1, 0.15) is 30.8 Å². The third kappa shape index (κ3) is 4.28. The maximum absolute atomic E-state index is 12.2. The number of nitrogens with zero attached hydrogens (tertiary/aromatic N) is 2. The van der Waals surface area contributed by atoms with Crippen LogP contribution in [0.4, 0.5) is 0 Å². The van der Waals surface area contributed by atoms with E-state index in [1.54, 1.807) is 30.8 Å². The summed E-state index contributed by atoms with van der Waals surface area (Å²) < 4.78 is 6.61. The van der Waals surface area contributed by atoms with E-state index < -0.39 is 0 Å². The molecule has 1 amide bonds. The lowest BCUT2D eigenvalue weighted by Crippen LogP contribution is -2.30. The van der Waals surface area contributed by atoms with Crippen molar-refractivity contribution in [2.75, 3.05) is 20.2 Å². The van der Waals surface area contributed by atoms with Crippen molar-refractivity contribution in [2.45, 2.75) is 26.8 Å². The van der Waals surface area contributed by atoms with Crippen molar-refractivity contribution in [1.29, 1.82) is 0 Å². The van der Waals surface area contributed by atoms with E-state index in [2.05, 4.69) is 0 Å². The Balaban J connectivity index is 2.63. The number of aromatic nitrogens is 1. The Morgan fingerprint density at radius 2 is 2.11 bits per heavy atom. The van der Waals surface area contributed by atoms with Crippen molar-refractivity contribution >= 4 is 23.5 Å². The van der Waals surface area contributed by atoms with Crippen LogP contribution < -0.4 is 0 Å². The molecule has 1 rings (SSSR count). The summed E-state index contributed by atoms with van der Waals surface area (Å²) in [5.41, 5.74) is 0.527. The van der Waals surface area contributed by atoms with E-state index in [1.807, 2.05) is 6.92 Å². The highest BCUT2D eigenvalue weighted by Crippen LogP contribution is 2.15. The van der Waals surface area contributed by atoms with Gasteiger partial charge < -0.3 is 14.2 Å². The Morgan fingerprint density at radius 3 is 2.68 bits per heavy atom. The van der Waals surface area contributed by atoms with Crippen LogP contribution in [0.5, 0.6) is 0 Å². The number of esters is 1. The van der Waals surface area contributed by atoms with Gasteiger partial charge in [0.25, 0.3) is 5.91 Å². The third-order valence-electron chi connectivity index (χ3n) is 2.73. The van der Waals surface area contributed by atoms with Crippen molar-refractivity contribution in [3.05, 3.63) is 23.0 Å². The highest BCUT2D eigenvalue weighted by Gasteiger charge is 2.17. The summed E-state index contributed by atoms with van der Waals surface area (Å²) in [4.78, 5) is 24.9. The molecule has 1 aromatic rings. The lowest BCUT2D eigenvalue weighted by atomic mass is 10.3. The molecular formula is C13H19ClN2O3. The molecule has 0 saturated heterocycles. The average molecular weight is 287 g/mol. The normalized spacial score (nSPS) is 10.3. The summed E-state index contributed by atoms with van der Waals surface area (Å²) >= 11 is 5.90. The van der Waals surface area contributed by atoms with Crippen molar-refractivity contribution in [3.63, 3.8) is 0 Å². The molecule has 0 spiro atoms. The number of ether oxygens (including phenoxy) is 1. The SMILES string of the molecule is CCOC(=O)CCN(C)C(=O)c1cc(Cl)cn1CC. The van der Waals surface area contributed by atoms with Gasteiger partial charge in [0.2, 0.25) is 0 Å². The van der Waals surface area contributed by atoms with E-state index in [0.717, 1.165) is 0 Å². The quantitative estimate of drug-likeness (QED) is 0.753. The first kappa shape index (κ1) is 15.6. The minimum Gasteiger partial charge on any atom is -0.466 e. The van der Waals surface area contributed by atoms with Gasteiger partial charge in [-0.3, -0.25) is 9.59 Å². The zero-order valence-corrected chi connectivity index (χ0v) is 12.2. The average Bonchev–Trinajstić information content (AvgIpc) is 2.76. The third-order valence-corrected chi connectivity index (χ3v) is 2.93. The number of aryl methyl sites for hydroxylation is 1. The molecule has 6 heteroatoms. The van der Waals surface area contributed by atoms with Crippen molar-refractivity contribution < 1.29 is 14.3 Å². The summed E-state index contributed by atoms with van der Waals surface area (Å²) in [6.45, 7) is 5.03. The number of rotatable bonds is 6. The van der Waals surface area contributed by atoms with E-state index in [4.69, 9.17) is 16.3 Å². The fraction of sp³-hybridized carbons (Fsp3) is 0.538. The van der Waals surface area contributed by atoms with Crippen LogP contribution in [0.15, 0.2) is 12.3 Å². The van der Waals surface area contributed by atoms with Crippen LogP contribution >= 0.6 is 11.6 Å². The van der Waals surface area contributed by atoms with Gasteiger partial charge in [0.1, 0.15) is 5.69 Å². The van der Waals surface area contributed by atoms with Crippen LogP contribution in [-0.4, -0.2) is 41.5 Å². The number of hydrogen-bond donors (Lipinski definition) is 0. The van der Waals surface area contributed by atoms with Gasteiger partial charge in [0, 0.05) is 26.3 Å². The number of amides is 1. The number of carbonyl (C=O) groups is 2. The molecule has 19 heavy (non-hydrogen) atoms. The lowest BCUT2D eigenvalue weighted by Gasteiger charge is -2.17. The second-order valence-corrected chi connectivity index (χ2v) is 4.55. The number of hydrogen-bond acceptors (Lipinski definition) is 3. The fourth-order valence-electron chi connectivity index (χ4n) is 1.70. The number of halogens is 1. The molecule has 1 heterocycles. The molecule has 0 fully saturated rings. The second kappa shape index (κ2) is 7.19. The lowest BCUT2D eigenvalue weighted by molar-refractivity contribution is -0.143. The predicted octanol–water partition coefficient (Wildman–Crippen LogP) is 2.19. The predicted molar refractivity (Wildman–Crippen MR) is 73.3 cm³/mol. The van der Waals surface area contributed by atoms with Crippen LogP contribution in [0.2, 0.25) is 5.02 Å².